The zero-order valence-electron chi connectivity index (χ0n) is 11.6. The lowest BCUT2D eigenvalue weighted by atomic mass is 10.2. The van der Waals surface area contributed by atoms with Crippen molar-refractivity contribution in [1.29, 1.82) is 0 Å². The minimum Gasteiger partial charge on any atom is -0.495 e. The highest BCUT2D eigenvalue weighted by Crippen LogP contribution is 2.27. The van der Waals surface area contributed by atoms with Crippen molar-refractivity contribution in [2.45, 2.75) is 6.92 Å². The quantitative estimate of drug-likeness (QED) is 0.845. The van der Waals surface area contributed by atoms with E-state index >= 15 is 0 Å². The zero-order chi connectivity index (χ0) is 15.4. The van der Waals surface area contributed by atoms with Gasteiger partial charge in [-0.3, -0.25) is 5.32 Å². The molecule has 0 spiro atoms. The molecule has 21 heavy (non-hydrogen) atoms. The minimum absolute atomic E-state index is 0.325. The Hall–Kier alpha value is -2.40. The Morgan fingerprint density at radius 3 is 2.71 bits per heavy atom. The van der Waals surface area contributed by atoms with Crippen LogP contribution >= 0.6 is 11.6 Å². The van der Waals surface area contributed by atoms with E-state index in [0.717, 1.165) is 5.56 Å². The van der Waals surface area contributed by atoms with Crippen LogP contribution in [0.1, 0.15) is 5.56 Å². The van der Waals surface area contributed by atoms with Crippen molar-refractivity contribution < 1.29 is 14.3 Å². The van der Waals surface area contributed by atoms with Gasteiger partial charge in [-0.25, -0.2) is 4.79 Å². The van der Waals surface area contributed by atoms with Crippen LogP contribution in [0.2, 0.25) is 5.02 Å². The van der Waals surface area contributed by atoms with E-state index in [4.69, 9.17) is 26.8 Å². The first kappa shape index (κ1) is 15.0. The molecule has 2 rings (SSSR count). The Labute approximate surface area is 127 Å². The number of carbonyl (C=O) groups is 1. The number of anilines is 2. The molecule has 0 saturated carbocycles. The number of hydrogen-bond acceptors (Lipinski definition) is 4. The van der Waals surface area contributed by atoms with Gasteiger partial charge in [0.1, 0.15) is 11.5 Å². The number of carbonyl (C=O) groups excluding carboxylic acids is 1. The fourth-order valence-electron chi connectivity index (χ4n) is 1.76. The lowest BCUT2D eigenvalue weighted by Crippen LogP contribution is -2.17. The molecule has 110 valence electrons. The second-order valence-corrected chi connectivity index (χ2v) is 4.74. The van der Waals surface area contributed by atoms with Gasteiger partial charge in [-0.15, -0.1) is 0 Å². The summed E-state index contributed by atoms with van der Waals surface area (Å²) in [5, 5.41) is 3.20. The number of rotatable bonds is 3. The maximum Gasteiger partial charge on any atom is 0.417 e. The first-order valence-electron chi connectivity index (χ1n) is 6.18. The molecule has 1 amide bonds. The van der Waals surface area contributed by atoms with E-state index in [1.54, 1.807) is 30.3 Å². The van der Waals surface area contributed by atoms with Crippen LogP contribution in [0.15, 0.2) is 36.4 Å². The Morgan fingerprint density at radius 1 is 1.29 bits per heavy atom. The van der Waals surface area contributed by atoms with Crippen LogP contribution in [0.4, 0.5) is 16.2 Å². The fraction of sp³-hybridized carbons (Fsp3) is 0.133. The molecule has 3 N–H and O–H groups in total. The molecule has 6 heteroatoms. The number of halogens is 1. The highest BCUT2D eigenvalue weighted by Gasteiger charge is 2.10. The first-order valence-corrected chi connectivity index (χ1v) is 6.56. The van der Waals surface area contributed by atoms with E-state index in [1.165, 1.54) is 13.2 Å². The third-order valence-corrected chi connectivity index (χ3v) is 3.33. The lowest BCUT2D eigenvalue weighted by molar-refractivity contribution is 0.215. The van der Waals surface area contributed by atoms with E-state index in [2.05, 4.69) is 5.32 Å². The molecular formula is C15H15ClN2O3. The van der Waals surface area contributed by atoms with Gasteiger partial charge in [0.2, 0.25) is 0 Å². The average molecular weight is 307 g/mol. The van der Waals surface area contributed by atoms with Crippen LogP contribution in [0.3, 0.4) is 0 Å². The third kappa shape index (κ3) is 3.58. The lowest BCUT2D eigenvalue weighted by Gasteiger charge is -2.11. The number of amides is 1. The van der Waals surface area contributed by atoms with Gasteiger partial charge in [-0.2, -0.15) is 0 Å². The summed E-state index contributed by atoms with van der Waals surface area (Å²) in [6.45, 7) is 1.81. The SMILES string of the molecule is COc1ccc(OC(=O)Nc2cccc(Cl)c2C)cc1N. The second-order valence-electron chi connectivity index (χ2n) is 4.33. The molecule has 5 nitrogen and oxygen atoms in total. The van der Waals surface area contributed by atoms with Crippen LogP contribution in [0, 0.1) is 6.92 Å². The molecule has 0 radical (unpaired) electrons. The Morgan fingerprint density at radius 2 is 2.05 bits per heavy atom. The standard InChI is InChI=1S/C15H15ClN2O3/c1-9-11(16)4-3-5-13(9)18-15(19)21-10-6-7-14(20-2)12(17)8-10/h3-8H,17H2,1-2H3,(H,18,19). The number of ether oxygens (including phenoxy) is 2. The molecule has 2 aromatic rings. The largest absolute Gasteiger partial charge is 0.495 e. The maximum atomic E-state index is 11.9. The van der Waals surface area contributed by atoms with E-state index < -0.39 is 6.09 Å². The summed E-state index contributed by atoms with van der Waals surface area (Å²) in [5.74, 6) is 0.846. The molecule has 0 aliphatic rings. The van der Waals surface area contributed by atoms with E-state index in [0.29, 0.717) is 27.9 Å². The van der Waals surface area contributed by atoms with Gasteiger partial charge in [0.15, 0.2) is 0 Å². The number of nitrogen functional groups attached to an aromatic ring is 1. The van der Waals surface area contributed by atoms with Gasteiger partial charge in [0.05, 0.1) is 12.8 Å². The number of nitrogens with two attached hydrogens (primary N) is 1. The number of hydrogen-bond donors (Lipinski definition) is 2. The topological polar surface area (TPSA) is 73.6 Å². The van der Waals surface area contributed by atoms with Crippen molar-refractivity contribution in [3.63, 3.8) is 0 Å². The second kappa shape index (κ2) is 6.37. The Balaban J connectivity index is 2.08. The van der Waals surface area contributed by atoms with Crippen LogP contribution in [-0.2, 0) is 0 Å². The molecule has 0 aromatic heterocycles. The summed E-state index contributed by atoms with van der Waals surface area (Å²) >= 11 is 5.99. The summed E-state index contributed by atoms with van der Waals surface area (Å²) in [7, 11) is 1.51. The summed E-state index contributed by atoms with van der Waals surface area (Å²) < 4.78 is 10.2. The van der Waals surface area contributed by atoms with Crippen molar-refractivity contribution in [3.05, 3.63) is 47.0 Å². The average Bonchev–Trinajstić information content (AvgIpc) is 2.44. The van der Waals surface area contributed by atoms with Crippen molar-refractivity contribution in [2.75, 3.05) is 18.2 Å². The first-order chi connectivity index (χ1) is 10.0. The van der Waals surface area contributed by atoms with Gasteiger partial charge >= 0.3 is 6.09 Å². The van der Waals surface area contributed by atoms with Crippen LogP contribution in [-0.4, -0.2) is 13.2 Å². The normalized spacial score (nSPS) is 10.0. The van der Waals surface area contributed by atoms with Gasteiger partial charge < -0.3 is 15.2 Å². The van der Waals surface area contributed by atoms with Crippen molar-refractivity contribution in [3.8, 4) is 11.5 Å². The van der Waals surface area contributed by atoms with Crippen molar-refractivity contribution in [2.24, 2.45) is 0 Å². The molecule has 2 aromatic carbocycles. The molecule has 0 unspecified atom stereocenters. The van der Waals surface area contributed by atoms with Gasteiger partial charge in [0, 0.05) is 16.8 Å². The fourth-order valence-corrected chi connectivity index (χ4v) is 1.94. The van der Waals surface area contributed by atoms with E-state index in [9.17, 15) is 4.79 Å². The number of nitrogens with one attached hydrogen (secondary N) is 1. The predicted octanol–water partition coefficient (Wildman–Crippen LogP) is 3.85. The summed E-state index contributed by atoms with van der Waals surface area (Å²) in [5.41, 5.74) is 7.50. The summed E-state index contributed by atoms with van der Waals surface area (Å²) in [4.78, 5) is 11.9. The highest BCUT2D eigenvalue weighted by atomic mass is 35.5. The molecule has 0 heterocycles. The molecule has 0 aliphatic carbocycles. The van der Waals surface area contributed by atoms with Crippen LogP contribution in [0.5, 0.6) is 11.5 Å². The van der Waals surface area contributed by atoms with E-state index in [1.807, 2.05) is 6.92 Å². The zero-order valence-corrected chi connectivity index (χ0v) is 12.4. The van der Waals surface area contributed by atoms with Crippen LogP contribution in [0.25, 0.3) is 0 Å². The van der Waals surface area contributed by atoms with Gasteiger partial charge in [-0.05, 0) is 36.8 Å². The molecular weight excluding hydrogens is 292 g/mol. The highest BCUT2D eigenvalue weighted by molar-refractivity contribution is 6.31. The summed E-state index contributed by atoms with van der Waals surface area (Å²) in [6.07, 6.45) is -0.620. The van der Waals surface area contributed by atoms with Gasteiger partial charge in [-0.1, -0.05) is 17.7 Å². The van der Waals surface area contributed by atoms with E-state index in [-0.39, 0.29) is 0 Å². The molecule has 0 fully saturated rings. The summed E-state index contributed by atoms with van der Waals surface area (Å²) in [6, 6.07) is 9.98. The molecule has 0 atom stereocenters. The smallest absolute Gasteiger partial charge is 0.417 e. The molecule has 0 aliphatic heterocycles. The third-order valence-electron chi connectivity index (χ3n) is 2.92. The monoisotopic (exact) mass is 306 g/mol. The molecule has 0 saturated heterocycles. The minimum atomic E-state index is -0.620. The number of methoxy groups -OCH3 is 1. The Kier molecular flexibility index (Phi) is 4.55. The maximum absolute atomic E-state index is 11.9. The predicted molar refractivity (Wildman–Crippen MR) is 83.2 cm³/mol. The van der Waals surface area contributed by atoms with Crippen molar-refractivity contribution >= 4 is 29.1 Å². The van der Waals surface area contributed by atoms with Crippen molar-refractivity contribution in [1.82, 2.24) is 0 Å². The number of benzene rings is 2. The molecule has 0 bridgehead atoms. The van der Waals surface area contributed by atoms with Gasteiger partial charge in [0.25, 0.3) is 0 Å². The Bertz CT molecular complexity index is 674. The van der Waals surface area contributed by atoms with Crippen LogP contribution < -0.4 is 20.5 Å².